The number of hydrogen-bond donors (Lipinski definition) is 1. The third kappa shape index (κ3) is 3.63. The van der Waals surface area contributed by atoms with Gasteiger partial charge in [-0.1, -0.05) is 6.07 Å². The molecule has 0 bridgehead atoms. The summed E-state index contributed by atoms with van der Waals surface area (Å²) in [7, 11) is 0. The molecular weight excluding hydrogens is 236 g/mol. The molecule has 0 spiro atoms. The van der Waals surface area contributed by atoms with Crippen LogP contribution in [0.4, 0.5) is 8.78 Å². The summed E-state index contributed by atoms with van der Waals surface area (Å²) in [5.41, 5.74) is 0.485. The van der Waals surface area contributed by atoms with E-state index in [4.69, 9.17) is 0 Å². The van der Waals surface area contributed by atoms with Gasteiger partial charge < -0.3 is 9.88 Å². The van der Waals surface area contributed by atoms with Crippen LogP contribution in [0, 0.1) is 11.6 Å². The first-order chi connectivity index (χ1) is 8.75. The predicted octanol–water partition coefficient (Wildman–Crippen LogP) is 2.34. The normalized spacial score (nSPS) is 10.8. The van der Waals surface area contributed by atoms with E-state index in [-0.39, 0.29) is 0 Å². The first-order valence-electron chi connectivity index (χ1n) is 5.86. The highest BCUT2D eigenvalue weighted by Gasteiger charge is 2.02. The van der Waals surface area contributed by atoms with Gasteiger partial charge in [0.05, 0.1) is 6.33 Å². The Balaban J connectivity index is 1.69. The fourth-order valence-corrected chi connectivity index (χ4v) is 1.69. The lowest BCUT2D eigenvalue weighted by Crippen LogP contribution is -2.17. The van der Waals surface area contributed by atoms with E-state index < -0.39 is 11.6 Å². The van der Waals surface area contributed by atoms with Gasteiger partial charge in [-0.05, 0) is 19.0 Å². The van der Waals surface area contributed by atoms with Gasteiger partial charge in [0.15, 0.2) is 0 Å². The predicted molar refractivity (Wildman–Crippen MR) is 64.9 cm³/mol. The van der Waals surface area contributed by atoms with Crippen LogP contribution < -0.4 is 5.32 Å². The van der Waals surface area contributed by atoms with Gasteiger partial charge in [0.25, 0.3) is 0 Å². The molecule has 1 aromatic heterocycles. The summed E-state index contributed by atoms with van der Waals surface area (Å²) in [6.45, 7) is 2.06. The molecule has 0 saturated carbocycles. The third-order valence-corrected chi connectivity index (χ3v) is 2.66. The van der Waals surface area contributed by atoms with Crippen LogP contribution in [-0.4, -0.2) is 16.1 Å². The van der Waals surface area contributed by atoms with E-state index in [9.17, 15) is 8.78 Å². The summed E-state index contributed by atoms with van der Waals surface area (Å²) in [4.78, 5) is 3.95. The highest BCUT2D eigenvalue weighted by Crippen LogP contribution is 2.08. The lowest BCUT2D eigenvalue weighted by Gasteiger charge is -2.06. The molecule has 3 nitrogen and oxygen atoms in total. The topological polar surface area (TPSA) is 29.9 Å². The Hall–Kier alpha value is -1.75. The fraction of sp³-hybridized carbons (Fsp3) is 0.308. The summed E-state index contributed by atoms with van der Waals surface area (Å²) in [6.07, 6.45) is 6.33. The van der Waals surface area contributed by atoms with Crippen molar-refractivity contribution in [2.45, 2.75) is 19.5 Å². The number of hydrogen-bond acceptors (Lipinski definition) is 2. The van der Waals surface area contributed by atoms with Crippen molar-refractivity contribution in [1.29, 1.82) is 0 Å². The molecule has 0 radical (unpaired) electrons. The average molecular weight is 251 g/mol. The highest BCUT2D eigenvalue weighted by atomic mass is 19.1. The Bertz CT molecular complexity index is 483. The van der Waals surface area contributed by atoms with Gasteiger partial charge in [-0.2, -0.15) is 0 Å². The first-order valence-corrected chi connectivity index (χ1v) is 5.86. The number of nitrogens with zero attached hydrogens (tertiary/aromatic N) is 2. The van der Waals surface area contributed by atoms with Crippen LogP contribution in [0.5, 0.6) is 0 Å². The van der Waals surface area contributed by atoms with E-state index in [2.05, 4.69) is 10.3 Å². The quantitative estimate of drug-likeness (QED) is 0.799. The second kappa shape index (κ2) is 6.26. The fourth-order valence-electron chi connectivity index (χ4n) is 1.69. The van der Waals surface area contributed by atoms with Crippen molar-refractivity contribution in [3.63, 3.8) is 0 Å². The summed E-state index contributed by atoms with van der Waals surface area (Å²) in [5.74, 6) is -1.05. The Morgan fingerprint density at radius 3 is 2.89 bits per heavy atom. The molecule has 0 amide bonds. The number of aromatic nitrogens is 2. The minimum absolute atomic E-state index is 0.413. The molecule has 0 aliphatic rings. The van der Waals surface area contributed by atoms with Crippen LogP contribution in [0.3, 0.4) is 0 Å². The molecule has 0 unspecified atom stereocenters. The zero-order valence-electron chi connectivity index (χ0n) is 9.94. The lowest BCUT2D eigenvalue weighted by molar-refractivity contribution is 0.546. The minimum atomic E-state index is -0.545. The molecule has 1 aromatic carbocycles. The molecule has 0 atom stereocenters. The molecule has 96 valence electrons. The average Bonchev–Trinajstić information content (AvgIpc) is 2.84. The molecule has 1 heterocycles. The zero-order chi connectivity index (χ0) is 12.8. The Labute approximate surface area is 104 Å². The number of halogens is 2. The Kier molecular flexibility index (Phi) is 4.41. The number of rotatable bonds is 6. The Morgan fingerprint density at radius 2 is 2.17 bits per heavy atom. The maximum absolute atomic E-state index is 13.3. The van der Waals surface area contributed by atoms with Crippen molar-refractivity contribution in [2.24, 2.45) is 0 Å². The summed E-state index contributed by atoms with van der Waals surface area (Å²) in [6, 6.07) is 3.64. The molecule has 0 aliphatic carbocycles. The van der Waals surface area contributed by atoms with Crippen LogP contribution >= 0.6 is 0 Å². The van der Waals surface area contributed by atoms with Crippen molar-refractivity contribution in [3.05, 3.63) is 54.1 Å². The van der Waals surface area contributed by atoms with E-state index in [1.165, 1.54) is 12.1 Å². The SMILES string of the molecule is Fc1ccc(CNCCCn2ccnc2)c(F)c1. The van der Waals surface area contributed by atoms with Crippen molar-refractivity contribution >= 4 is 0 Å². The van der Waals surface area contributed by atoms with Gasteiger partial charge in [-0.15, -0.1) is 0 Å². The Morgan fingerprint density at radius 1 is 1.28 bits per heavy atom. The molecule has 18 heavy (non-hydrogen) atoms. The van der Waals surface area contributed by atoms with Gasteiger partial charge in [-0.3, -0.25) is 0 Å². The number of imidazole rings is 1. The van der Waals surface area contributed by atoms with Crippen LogP contribution in [0.1, 0.15) is 12.0 Å². The monoisotopic (exact) mass is 251 g/mol. The van der Waals surface area contributed by atoms with Gasteiger partial charge in [-0.25, -0.2) is 13.8 Å². The maximum atomic E-state index is 13.3. The maximum Gasteiger partial charge on any atom is 0.130 e. The summed E-state index contributed by atoms with van der Waals surface area (Å²) < 4.78 is 28.0. The van der Waals surface area contributed by atoms with Crippen LogP contribution in [0.25, 0.3) is 0 Å². The molecule has 0 aliphatic heterocycles. The van der Waals surface area contributed by atoms with E-state index in [1.54, 1.807) is 12.5 Å². The van der Waals surface area contributed by atoms with E-state index in [1.807, 2.05) is 10.8 Å². The van der Waals surface area contributed by atoms with Crippen LogP contribution in [0.15, 0.2) is 36.9 Å². The number of benzene rings is 1. The van der Waals surface area contributed by atoms with E-state index in [0.29, 0.717) is 12.1 Å². The van der Waals surface area contributed by atoms with Crippen LogP contribution in [-0.2, 0) is 13.1 Å². The van der Waals surface area contributed by atoms with Gasteiger partial charge >= 0.3 is 0 Å². The van der Waals surface area contributed by atoms with Gasteiger partial charge in [0.1, 0.15) is 11.6 Å². The summed E-state index contributed by atoms with van der Waals surface area (Å²) in [5, 5.41) is 3.13. The molecule has 0 saturated heterocycles. The molecule has 5 heteroatoms. The largest absolute Gasteiger partial charge is 0.337 e. The zero-order valence-corrected chi connectivity index (χ0v) is 9.94. The molecular formula is C13H15F2N3. The summed E-state index contributed by atoms with van der Waals surface area (Å²) >= 11 is 0. The highest BCUT2D eigenvalue weighted by molar-refractivity contribution is 5.18. The standard InChI is InChI=1S/C13H15F2N3/c14-12-3-2-11(13(15)8-12)9-16-4-1-6-18-7-5-17-10-18/h2-3,5,7-8,10,16H,1,4,6,9H2. The lowest BCUT2D eigenvalue weighted by atomic mass is 10.2. The van der Waals surface area contributed by atoms with Gasteiger partial charge in [0, 0.05) is 37.1 Å². The number of nitrogens with one attached hydrogen (secondary N) is 1. The smallest absolute Gasteiger partial charge is 0.130 e. The molecule has 0 fully saturated rings. The van der Waals surface area contributed by atoms with Crippen molar-refractivity contribution < 1.29 is 8.78 Å². The minimum Gasteiger partial charge on any atom is -0.337 e. The first kappa shape index (κ1) is 12.7. The van der Waals surface area contributed by atoms with E-state index in [0.717, 1.165) is 25.6 Å². The third-order valence-electron chi connectivity index (χ3n) is 2.66. The van der Waals surface area contributed by atoms with Crippen molar-refractivity contribution in [1.82, 2.24) is 14.9 Å². The van der Waals surface area contributed by atoms with Crippen LogP contribution in [0.2, 0.25) is 0 Å². The van der Waals surface area contributed by atoms with Crippen molar-refractivity contribution in [2.75, 3.05) is 6.54 Å². The number of aryl methyl sites for hydroxylation is 1. The van der Waals surface area contributed by atoms with Crippen molar-refractivity contribution in [3.8, 4) is 0 Å². The van der Waals surface area contributed by atoms with E-state index >= 15 is 0 Å². The molecule has 1 N–H and O–H groups in total. The second-order valence-corrected chi connectivity index (χ2v) is 4.07. The molecule has 2 aromatic rings. The molecule has 2 rings (SSSR count). The van der Waals surface area contributed by atoms with Gasteiger partial charge in [0.2, 0.25) is 0 Å². The second-order valence-electron chi connectivity index (χ2n) is 4.07.